The smallest absolute Gasteiger partial charge is 0.416 e. The van der Waals surface area contributed by atoms with Gasteiger partial charge < -0.3 is 9.84 Å². The van der Waals surface area contributed by atoms with Crippen molar-refractivity contribution in [2.75, 3.05) is 6.54 Å². The van der Waals surface area contributed by atoms with Crippen LogP contribution in [0, 0.1) is 0 Å². The fourth-order valence-electron chi connectivity index (χ4n) is 3.11. The zero-order valence-corrected chi connectivity index (χ0v) is 15.2. The second-order valence-electron chi connectivity index (χ2n) is 6.65. The molecule has 29 heavy (non-hydrogen) atoms. The van der Waals surface area contributed by atoms with E-state index in [4.69, 9.17) is 4.74 Å². The first-order valence-electron chi connectivity index (χ1n) is 8.81. The summed E-state index contributed by atoms with van der Waals surface area (Å²) < 4.78 is 43.8. The summed E-state index contributed by atoms with van der Waals surface area (Å²) in [5.74, 6) is -1.20. The summed E-state index contributed by atoms with van der Waals surface area (Å²) in [6, 6.07) is 12.5. The maximum atomic E-state index is 12.9. The fourth-order valence-corrected chi connectivity index (χ4v) is 3.11. The largest absolute Gasteiger partial charge is 0.480 e. The van der Waals surface area contributed by atoms with Gasteiger partial charge in [0.25, 0.3) is 0 Å². The third kappa shape index (κ3) is 5.16. The Kier molecular flexibility index (Phi) is 5.91. The summed E-state index contributed by atoms with van der Waals surface area (Å²) in [6.45, 7) is -0.0317. The number of alkyl halides is 3. The number of carbonyl (C=O) groups excluding carboxylic acids is 1. The number of carboxylic acid groups (broad SMARTS) is 1. The molecule has 1 atom stereocenters. The lowest BCUT2D eigenvalue weighted by atomic mass is 10.1. The highest BCUT2D eigenvalue weighted by Crippen LogP contribution is 2.31. The van der Waals surface area contributed by atoms with Gasteiger partial charge in [0.05, 0.1) is 5.56 Å². The van der Waals surface area contributed by atoms with Gasteiger partial charge in [-0.1, -0.05) is 48.5 Å². The van der Waals surface area contributed by atoms with E-state index in [9.17, 15) is 27.9 Å². The van der Waals surface area contributed by atoms with E-state index in [2.05, 4.69) is 0 Å². The van der Waals surface area contributed by atoms with E-state index in [-0.39, 0.29) is 19.6 Å². The Balaban J connectivity index is 1.74. The minimum Gasteiger partial charge on any atom is -0.480 e. The third-order valence-corrected chi connectivity index (χ3v) is 4.51. The average molecular weight is 405 g/mol. The monoisotopic (exact) mass is 405 g/mol. The van der Waals surface area contributed by atoms with Gasteiger partial charge in [0, 0.05) is 13.0 Å². The standard InChI is InChI=1S/C21H18F3NO4/c22-21(23,24)17-8-4-7-15(10-17)9-16-11-18(19(26)27)25(12-16)20(28)29-13-14-5-2-1-3-6-14/h1-10,18H,11-13H2,(H,26,27)/b16-9-/t18-/m0/s1. The molecule has 1 N–H and O–H groups in total. The third-order valence-electron chi connectivity index (χ3n) is 4.51. The lowest BCUT2D eigenvalue weighted by molar-refractivity contribution is -0.141. The second-order valence-corrected chi connectivity index (χ2v) is 6.65. The number of amides is 1. The molecule has 0 unspecified atom stereocenters. The number of aliphatic carboxylic acids is 1. The first kappa shape index (κ1) is 20.4. The molecule has 1 saturated heterocycles. The summed E-state index contributed by atoms with van der Waals surface area (Å²) in [5.41, 5.74) is 0.789. The molecular weight excluding hydrogens is 387 g/mol. The van der Waals surface area contributed by atoms with Crippen molar-refractivity contribution in [2.24, 2.45) is 0 Å². The number of carboxylic acids is 1. The number of likely N-dealkylation sites (tertiary alicyclic amines) is 1. The molecule has 3 rings (SSSR count). The molecule has 1 aliphatic rings. The van der Waals surface area contributed by atoms with E-state index >= 15 is 0 Å². The van der Waals surface area contributed by atoms with Crippen LogP contribution in [0.25, 0.3) is 6.08 Å². The first-order chi connectivity index (χ1) is 13.7. The van der Waals surface area contributed by atoms with Crippen LogP contribution in [0.15, 0.2) is 60.2 Å². The van der Waals surface area contributed by atoms with E-state index in [1.165, 1.54) is 18.2 Å². The van der Waals surface area contributed by atoms with Gasteiger partial charge >= 0.3 is 18.2 Å². The number of hydrogen-bond acceptors (Lipinski definition) is 3. The molecule has 5 nitrogen and oxygen atoms in total. The van der Waals surface area contributed by atoms with E-state index in [1.54, 1.807) is 24.3 Å². The minimum absolute atomic E-state index is 0.00477. The van der Waals surface area contributed by atoms with E-state index in [1.807, 2.05) is 6.07 Å². The molecular formula is C21H18F3NO4. The second kappa shape index (κ2) is 8.38. The van der Waals surface area contributed by atoms with Crippen LogP contribution in [0.4, 0.5) is 18.0 Å². The van der Waals surface area contributed by atoms with Crippen molar-refractivity contribution in [3.63, 3.8) is 0 Å². The highest BCUT2D eigenvalue weighted by atomic mass is 19.4. The van der Waals surface area contributed by atoms with Crippen molar-refractivity contribution < 1.29 is 32.6 Å². The molecule has 0 aliphatic carbocycles. The van der Waals surface area contributed by atoms with Crippen LogP contribution in [0.1, 0.15) is 23.1 Å². The highest BCUT2D eigenvalue weighted by molar-refractivity contribution is 5.82. The Morgan fingerprint density at radius 2 is 1.86 bits per heavy atom. The Bertz CT molecular complexity index is 925. The lowest BCUT2D eigenvalue weighted by Crippen LogP contribution is -2.40. The minimum atomic E-state index is -4.47. The zero-order chi connectivity index (χ0) is 21.0. The molecule has 1 aliphatic heterocycles. The molecule has 2 aromatic carbocycles. The van der Waals surface area contributed by atoms with Crippen molar-refractivity contribution in [3.05, 3.63) is 76.9 Å². The van der Waals surface area contributed by atoms with Crippen LogP contribution in [0.3, 0.4) is 0 Å². The Labute approximate surface area is 165 Å². The molecule has 8 heteroatoms. The predicted octanol–water partition coefficient (Wildman–Crippen LogP) is 4.58. The van der Waals surface area contributed by atoms with Crippen LogP contribution >= 0.6 is 0 Å². The van der Waals surface area contributed by atoms with E-state index in [0.29, 0.717) is 11.1 Å². The molecule has 2 aromatic rings. The molecule has 0 radical (unpaired) electrons. The Morgan fingerprint density at radius 1 is 1.14 bits per heavy atom. The van der Waals surface area contributed by atoms with Crippen LogP contribution < -0.4 is 0 Å². The number of benzene rings is 2. The molecule has 152 valence electrons. The summed E-state index contributed by atoms with van der Waals surface area (Å²) in [7, 11) is 0. The summed E-state index contributed by atoms with van der Waals surface area (Å²) in [6.07, 6.45) is -3.75. The van der Waals surface area contributed by atoms with Gasteiger partial charge in [-0.25, -0.2) is 9.59 Å². The van der Waals surface area contributed by atoms with Gasteiger partial charge in [0.1, 0.15) is 12.6 Å². The van der Waals surface area contributed by atoms with Crippen LogP contribution in [-0.4, -0.2) is 34.7 Å². The quantitative estimate of drug-likeness (QED) is 0.808. The number of carbonyl (C=O) groups is 2. The maximum Gasteiger partial charge on any atom is 0.416 e. The zero-order valence-electron chi connectivity index (χ0n) is 15.2. The van der Waals surface area contributed by atoms with Crippen molar-refractivity contribution in [2.45, 2.75) is 25.2 Å². The summed E-state index contributed by atoms with van der Waals surface area (Å²) >= 11 is 0. The lowest BCUT2D eigenvalue weighted by Gasteiger charge is -2.20. The van der Waals surface area contributed by atoms with Crippen LogP contribution in [0.5, 0.6) is 0 Å². The van der Waals surface area contributed by atoms with E-state index < -0.39 is 29.8 Å². The Hall–Kier alpha value is -3.29. The van der Waals surface area contributed by atoms with Gasteiger partial charge in [-0.3, -0.25) is 4.90 Å². The number of halogens is 3. The number of hydrogen-bond donors (Lipinski definition) is 1. The van der Waals surface area contributed by atoms with Crippen LogP contribution in [-0.2, 0) is 22.3 Å². The van der Waals surface area contributed by atoms with Gasteiger partial charge in [-0.15, -0.1) is 0 Å². The number of nitrogens with zero attached hydrogens (tertiary/aromatic N) is 1. The van der Waals surface area contributed by atoms with Gasteiger partial charge in [-0.2, -0.15) is 13.2 Å². The summed E-state index contributed by atoms with van der Waals surface area (Å²) in [5, 5.41) is 9.43. The van der Waals surface area contributed by atoms with Gasteiger partial charge in [-0.05, 0) is 28.8 Å². The first-order valence-corrected chi connectivity index (χ1v) is 8.81. The summed E-state index contributed by atoms with van der Waals surface area (Å²) in [4.78, 5) is 25.0. The maximum absolute atomic E-state index is 12.9. The average Bonchev–Trinajstić information content (AvgIpc) is 3.11. The molecule has 1 fully saturated rings. The van der Waals surface area contributed by atoms with Gasteiger partial charge in [0.15, 0.2) is 0 Å². The Morgan fingerprint density at radius 3 is 2.52 bits per heavy atom. The number of rotatable bonds is 4. The van der Waals surface area contributed by atoms with Crippen molar-refractivity contribution in [1.29, 1.82) is 0 Å². The van der Waals surface area contributed by atoms with Crippen LogP contribution in [0.2, 0.25) is 0 Å². The predicted molar refractivity (Wildman–Crippen MR) is 98.8 cm³/mol. The highest BCUT2D eigenvalue weighted by Gasteiger charge is 2.38. The molecule has 1 amide bonds. The van der Waals surface area contributed by atoms with Crippen molar-refractivity contribution in [1.82, 2.24) is 4.90 Å². The number of ether oxygens (including phenoxy) is 1. The topological polar surface area (TPSA) is 66.8 Å². The van der Waals surface area contributed by atoms with Crippen molar-refractivity contribution in [3.8, 4) is 0 Å². The fraction of sp³-hybridized carbons (Fsp3) is 0.238. The molecule has 0 spiro atoms. The molecule has 0 bridgehead atoms. The SMILES string of the molecule is O=C(O)[C@@H]1C/C(=C/c2cccc(C(F)(F)F)c2)CN1C(=O)OCc1ccccc1. The van der Waals surface area contributed by atoms with Gasteiger partial charge in [0.2, 0.25) is 0 Å². The molecule has 0 saturated carbocycles. The molecule has 0 aromatic heterocycles. The normalized spacial score (nSPS) is 18.1. The van der Waals surface area contributed by atoms with E-state index in [0.717, 1.165) is 22.6 Å². The van der Waals surface area contributed by atoms with Crippen molar-refractivity contribution >= 4 is 18.1 Å². The molecule has 1 heterocycles.